The van der Waals surface area contributed by atoms with E-state index in [0.29, 0.717) is 12.5 Å². The fourth-order valence-electron chi connectivity index (χ4n) is 1.05. The molecule has 3 heteroatoms. The van der Waals surface area contributed by atoms with Crippen LogP contribution in [0, 0.1) is 5.92 Å². The summed E-state index contributed by atoms with van der Waals surface area (Å²) < 4.78 is 1.64. The smallest absolute Gasteiger partial charge is 0.250 e. The van der Waals surface area contributed by atoms with E-state index in [0.717, 1.165) is 0 Å². The monoisotopic (exact) mass is 180 g/mol. The molecule has 0 bridgehead atoms. The number of nitrogens with two attached hydrogens (primary N) is 1. The van der Waals surface area contributed by atoms with Gasteiger partial charge in [-0.25, -0.2) is 0 Å². The van der Waals surface area contributed by atoms with Gasteiger partial charge in [-0.05, 0) is 12.0 Å². The van der Waals surface area contributed by atoms with Gasteiger partial charge in [0.1, 0.15) is 0 Å². The second-order valence-corrected chi connectivity index (χ2v) is 3.60. The Labute approximate surface area is 78.2 Å². The molecule has 0 saturated heterocycles. The van der Waals surface area contributed by atoms with Crippen LogP contribution in [0.1, 0.15) is 13.8 Å². The molecule has 0 amide bonds. The van der Waals surface area contributed by atoms with Crippen molar-refractivity contribution in [3.05, 3.63) is 34.7 Å². The molecule has 0 spiro atoms. The Bertz CT molecular complexity index is 317. The lowest BCUT2D eigenvalue weighted by molar-refractivity contribution is 0.428. The highest BCUT2D eigenvalue weighted by molar-refractivity contribution is 4.93. The quantitative estimate of drug-likeness (QED) is 0.749. The largest absolute Gasteiger partial charge is 0.326 e. The van der Waals surface area contributed by atoms with Gasteiger partial charge in [0.2, 0.25) is 0 Å². The lowest BCUT2D eigenvalue weighted by Gasteiger charge is -2.16. The number of rotatable bonds is 3. The molecule has 0 aromatic carbocycles. The minimum Gasteiger partial charge on any atom is -0.326 e. The Morgan fingerprint density at radius 2 is 2.15 bits per heavy atom. The number of hydrogen-bond acceptors (Lipinski definition) is 2. The average molecular weight is 180 g/mol. The van der Waals surface area contributed by atoms with Gasteiger partial charge in [0, 0.05) is 24.8 Å². The summed E-state index contributed by atoms with van der Waals surface area (Å²) in [6.07, 6.45) is 1.77. The van der Waals surface area contributed by atoms with E-state index >= 15 is 0 Å². The van der Waals surface area contributed by atoms with Crippen LogP contribution in [0.3, 0.4) is 0 Å². The summed E-state index contributed by atoms with van der Waals surface area (Å²) in [6.45, 7) is 4.70. The number of aromatic nitrogens is 1. The lowest BCUT2D eigenvalue weighted by atomic mass is 10.1. The Morgan fingerprint density at radius 3 is 2.69 bits per heavy atom. The summed E-state index contributed by atoms with van der Waals surface area (Å²) in [4.78, 5) is 11.3. The first kappa shape index (κ1) is 9.99. The zero-order valence-electron chi connectivity index (χ0n) is 8.10. The van der Waals surface area contributed by atoms with E-state index in [-0.39, 0.29) is 11.6 Å². The summed E-state index contributed by atoms with van der Waals surface area (Å²) in [5.41, 5.74) is 5.87. The van der Waals surface area contributed by atoms with Crippen molar-refractivity contribution >= 4 is 0 Å². The first-order valence-electron chi connectivity index (χ1n) is 4.52. The highest BCUT2D eigenvalue weighted by atomic mass is 16.1. The van der Waals surface area contributed by atoms with Crippen molar-refractivity contribution in [2.24, 2.45) is 11.7 Å². The second-order valence-electron chi connectivity index (χ2n) is 3.60. The van der Waals surface area contributed by atoms with Crippen LogP contribution in [0.15, 0.2) is 29.2 Å². The van der Waals surface area contributed by atoms with E-state index in [2.05, 4.69) is 13.8 Å². The minimum absolute atomic E-state index is 0.0126. The maximum absolute atomic E-state index is 11.3. The summed E-state index contributed by atoms with van der Waals surface area (Å²) in [6, 6.07) is 5.17. The maximum Gasteiger partial charge on any atom is 0.250 e. The fraction of sp³-hybridized carbons (Fsp3) is 0.500. The second kappa shape index (κ2) is 4.23. The molecule has 13 heavy (non-hydrogen) atoms. The van der Waals surface area contributed by atoms with Crippen molar-refractivity contribution in [1.29, 1.82) is 0 Å². The molecule has 72 valence electrons. The molecule has 0 aliphatic heterocycles. The van der Waals surface area contributed by atoms with Gasteiger partial charge in [-0.2, -0.15) is 0 Å². The van der Waals surface area contributed by atoms with Crippen LogP contribution in [0.25, 0.3) is 0 Å². The SMILES string of the molecule is CC(C)C(N)Cn1ccccc1=O. The fourth-order valence-corrected chi connectivity index (χ4v) is 1.05. The first-order valence-corrected chi connectivity index (χ1v) is 4.52. The zero-order chi connectivity index (χ0) is 9.84. The molecule has 1 atom stereocenters. The highest BCUT2D eigenvalue weighted by Crippen LogP contribution is 1.99. The van der Waals surface area contributed by atoms with Crippen molar-refractivity contribution in [3.8, 4) is 0 Å². The third-order valence-electron chi connectivity index (χ3n) is 2.16. The van der Waals surface area contributed by atoms with E-state index < -0.39 is 0 Å². The van der Waals surface area contributed by atoms with E-state index in [1.165, 1.54) is 0 Å². The van der Waals surface area contributed by atoms with Gasteiger partial charge >= 0.3 is 0 Å². The maximum atomic E-state index is 11.3. The van der Waals surface area contributed by atoms with Crippen LogP contribution in [0.2, 0.25) is 0 Å². The standard InChI is InChI=1S/C10H16N2O/c1-8(2)9(11)7-12-6-4-3-5-10(12)13/h3-6,8-9H,7,11H2,1-2H3. The van der Waals surface area contributed by atoms with Crippen LogP contribution in [-0.4, -0.2) is 10.6 Å². The molecule has 1 aromatic rings. The van der Waals surface area contributed by atoms with E-state index in [1.807, 2.05) is 6.07 Å². The van der Waals surface area contributed by atoms with E-state index in [1.54, 1.807) is 22.9 Å². The zero-order valence-corrected chi connectivity index (χ0v) is 8.10. The van der Waals surface area contributed by atoms with Gasteiger partial charge < -0.3 is 10.3 Å². The normalized spacial score (nSPS) is 13.2. The van der Waals surface area contributed by atoms with Crippen LogP contribution in [-0.2, 0) is 6.54 Å². The molecule has 3 nitrogen and oxygen atoms in total. The Morgan fingerprint density at radius 1 is 1.46 bits per heavy atom. The van der Waals surface area contributed by atoms with E-state index in [4.69, 9.17) is 5.73 Å². The lowest BCUT2D eigenvalue weighted by Crippen LogP contribution is -2.35. The van der Waals surface area contributed by atoms with Crippen molar-refractivity contribution in [2.45, 2.75) is 26.4 Å². The number of pyridine rings is 1. The molecule has 0 aliphatic carbocycles. The third kappa shape index (κ3) is 2.70. The summed E-state index contributed by atoms with van der Waals surface area (Å²) >= 11 is 0. The molecule has 0 aliphatic rings. The first-order chi connectivity index (χ1) is 6.11. The summed E-state index contributed by atoms with van der Waals surface area (Å²) in [5, 5.41) is 0. The van der Waals surface area contributed by atoms with Gasteiger partial charge in [-0.3, -0.25) is 4.79 Å². The molecule has 0 saturated carbocycles. The Kier molecular flexibility index (Phi) is 3.25. The van der Waals surface area contributed by atoms with Gasteiger partial charge in [0.05, 0.1) is 0 Å². The third-order valence-corrected chi connectivity index (χ3v) is 2.16. The van der Waals surface area contributed by atoms with Crippen molar-refractivity contribution in [3.63, 3.8) is 0 Å². The Balaban J connectivity index is 2.75. The van der Waals surface area contributed by atoms with Crippen molar-refractivity contribution in [2.75, 3.05) is 0 Å². The van der Waals surface area contributed by atoms with Gasteiger partial charge in [0.15, 0.2) is 0 Å². The van der Waals surface area contributed by atoms with Crippen LogP contribution >= 0.6 is 0 Å². The molecule has 0 fully saturated rings. The molecule has 0 radical (unpaired) electrons. The molecule has 1 heterocycles. The van der Waals surface area contributed by atoms with Crippen LogP contribution in [0.5, 0.6) is 0 Å². The molecular weight excluding hydrogens is 164 g/mol. The predicted octanol–water partition coefficient (Wildman–Crippen LogP) is 0.832. The predicted molar refractivity (Wildman–Crippen MR) is 53.5 cm³/mol. The highest BCUT2D eigenvalue weighted by Gasteiger charge is 2.08. The molecule has 2 N–H and O–H groups in total. The average Bonchev–Trinajstić information content (AvgIpc) is 2.08. The van der Waals surface area contributed by atoms with E-state index in [9.17, 15) is 4.79 Å². The molecule has 1 aromatic heterocycles. The van der Waals surface area contributed by atoms with Gasteiger partial charge in [0.25, 0.3) is 5.56 Å². The summed E-state index contributed by atoms with van der Waals surface area (Å²) in [5.74, 6) is 0.395. The Hall–Kier alpha value is -1.09. The van der Waals surface area contributed by atoms with Gasteiger partial charge in [-0.15, -0.1) is 0 Å². The van der Waals surface area contributed by atoms with Crippen LogP contribution in [0.4, 0.5) is 0 Å². The van der Waals surface area contributed by atoms with Crippen molar-refractivity contribution < 1.29 is 0 Å². The molecule has 1 unspecified atom stereocenters. The molecule has 1 rings (SSSR count). The minimum atomic E-state index is 0.0126. The number of nitrogens with zero attached hydrogens (tertiary/aromatic N) is 1. The topological polar surface area (TPSA) is 48.0 Å². The molecular formula is C10H16N2O. The van der Waals surface area contributed by atoms with Gasteiger partial charge in [-0.1, -0.05) is 19.9 Å². The van der Waals surface area contributed by atoms with Crippen molar-refractivity contribution in [1.82, 2.24) is 4.57 Å². The summed E-state index contributed by atoms with van der Waals surface area (Å²) in [7, 11) is 0. The number of hydrogen-bond donors (Lipinski definition) is 1. The van der Waals surface area contributed by atoms with Crippen LogP contribution < -0.4 is 11.3 Å².